The first kappa shape index (κ1) is 12.4. The van der Waals surface area contributed by atoms with Crippen molar-refractivity contribution >= 4 is 15.5 Å². The molecule has 0 heterocycles. The first-order valence-corrected chi connectivity index (χ1v) is 6.99. The van der Waals surface area contributed by atoms with Crippen LogP contribution < -0.4 is 5.73 Å². The number of rotatable bonds is 3. The second-order valence-electron chi connectivity index (χ2n) is 3.96. The highest BCUT2D eigenvalue weighted by Crippen LogP contribution is 2.22. The van der Waals surface area contributed by atoms with Gasteiger partial charge in [0.25, 0.3) is 0 Å². The van der Waals surface area contributed by atoms with E-state index >= 15 is 0 Å². The minimum Gasteiger partial charge on any atom is -0.508 e. The molecule has 0 amide bonds. The lowest BCUT2D eigenvalue weighted by Crippen LogP contribution is -2.07. The molecule has 3 N–H and O–H groups in total. The number of sulfone groups is 1. The second-order valence-corrected chi connectivity index (χ2v) is 5.92. The van der Waals surface area contributed by atoms with Gasteiger partial charge in [0.05, 0.1) is 16.3 Å². The predicted molar refractivity (Wildman–Crippen MR) is 69.9 cm³/mol. The molecule has 2 aromatic carbocycles. The van der Waals surface area contributed by atoms with E-state index in [1.54, 1.807) is 30.3 Å². The Kier molecular flexibility index (Phi) is 3.25. The monoisotopic (exact) mass is 263 g/mol. The van der Waals surface area contributed by atoms with Gasteiger partial charge in [0, 0.05) is 0 Å². The van der Waals surface area contributed by atoms with Gasteiger partial charge in [0.1, 0.15) is 5.75 Å². The Balaban J connectivity index is 2.33. The average Bonchev–Trinajstić information content (AvgIpc) is 2.32. The van der Waals surface area contributed by atoms with E-state index in [0.717, 1.165) is 0 Å². The Morgan fingerprint density at radius 2 is 1.61 bits per heavy atom. The molecule has 2 rings (SSSR count). The molecule has 0 aliphatic carbocycles. The molecule has 0 saturated carbocycles. The summed E-state index contributed by atoms with van der Waals surface area (Å²) in [5.41, 5.74) is 6.52. The van der Waals surface area contributed by atoms with Crippen LogP contribution in [0.5, 0.6) is 5.75 Å². The molecule has 0 radical (unpaired) electrons. The lowest BCUT2D eigenvalue weighted by atomic mass is 10.2. The summed E-state index contributed by atoms with van der Waals surface area (Å²) >= 11 is 0. The first-order chi connectivity index (χ1) is 8.49. The van der Waals surface area contributed by atoms with Crippen molar-refractivity contribution in [3.63, 3.8) is 0 Å². The van der Waals surface area contributed by atoms with Gasteiger partial charge in [-0.3, -0.25) is 0 Å². The average molecular weight is 263 g/mol. The zero-order valence-corrected chi connectivity index (χ0v) is 10.4. The smallest absolute Gasteiger partial charge is 0.184 e. The number of phenols is 1. The van der Waals surface area contributed by atoms with Crippen molar-refractivity contribution in [3.8, 4) is 5.75 Å². The summed E-state index contributed by atoms with van der Waals surface area (Å²) in [4.78, 5) is 0.137. The lowest BCUT2D eigenvalue weighted by Gasteiger charge is -2.07. The number of hydrogen-bond donors (Lipinski definition) is 2. The van der Waals surface area contributed by atoms with Crippen molar-refractivity contribution in [1.29, 1.82) is 0 Å². The van der Waals surface area contributed by atoms with E-state index in [2.05, 4.69) is 0 Å². The summed E-state index contributed by atoms with van der Waals surface area (Å²) in [5.74, 6) is -0.0306. The molecule has 94 valence electrons. The van der Waals surface area contributed by atoms with Crippen LogP contribution in [0.15, 0.2) is 53.4 Å². The number of hydrogen-bond acceptors (Lipinski definition) is 4. The molecule has 18 heavy (non-hydrogen) atoms. The maximum absolute atomic E-state index is 12.2. The van der Waals surface area contributed by atoms with E-state index < -0.39 is 9.84 Å². The van der Waals surface area contributed by atoms with Gasteiger partial charge in [-0.05, 0) is 29.8 Å². The SMILES string of the molecule is Nc1ccccc1S(=O)(=O)Cc1ccc(O)cc1. The van der Waals surface area contributed by atoms with E-state index in [1.165, 1.54) is 18.2 Å². The Bertz CT molecular complexity index is 648. The molecular formula is C13H13NO3S. The minimum atomic E-state index is -3.46. The lowest BCUT2D eigenvalue weighted by molar-refractivity contribution is 0.475. The summed E-state index contributed by atoms with van der Waals surface area (Å²) < 4.78 is 24.3. The highest BCUT2D eigenvalue weighted by molar-refractivity contribution is 7.90. The van der Waals surface area contributed by atoms with Crippen LogP contribution in [0.1, 0.15) is 5.56 Å². The largest absolute Gasteiger partial charge is 0.508 e. The molecule has 0 aliphatic rings. The molecule has 0 bridgehead atoms. The number of aromatic hydroxyl groups is 1. The molecule has 5 heteroatoms. The summed E-state index contributed by atoms with van der Waals surface area (Å²) in [7, 11) is -3.46. The Morgan fingerprint density at radius 1 is 1.00 bits per heavy atom. The molecule has 0 spiro atoms. The summed E-state index contributed by atoms with van der Waals surface area (Å²) in [6.07, 6.45) is 0. The van der Waals surface area contributed by atoms with Gasteiger partial charge in [0.2, 0.25) is 0 Å². The molecule has 0 fully saturated rings. The van der Waals surface area contributed by atoms with E-state index in [0.29, 0.717) is 5.56 Å². The quantitative estimate of drug-likeness (QED) is 0.829. The van der Waals surface area contributed by atoms with Gasteiger partial charge < -0.3 is 10.8 Å². The number of phenolic OH excluding ortho intramolecular Hbond substituents is 1. The van der Waals surface area contributed by atoms with Crippen molar-refractivity contribution in [3.05, 3.63) is 54.1 Å². The van der Waals surface area contributed by atoms with Gasteiger partial charge in [0.15, 0.2) is 9.84 Å². The normalized spacial score (nSPS) is 11.3. The molecular weight excluding hydrogens is 250 g/mol. The van der Waals surface area contributed by atoms with E-state index in [-0.39, 0.29) is 22.1 Å². The van der Waals surface area contributed by atoms with Crippen LogP contribution in [0.25, 0.3) is 0 Å². The van der Waals surface area contributed by atoms with Gasteiger partial charge in [-0.2, -0.15) is 0 Å². The molecule has 0 unspecified atom stereocenters. The second kappa shape index (κ2) is 4.70. The Morgan fingerprint density at radius 3 is 2.22 bits per heavy atom. The number of nitrogens with two attached hydrogens (primary N) is 1. The fourth-order valence-corrected chi connectivity index (χ4v) is 3.15. The van der Waals surface area contributed by atoms with E-state index in [9.17, 15) is 8.42 Å². The van der Waals surface area contributed by atoms with Crippen molar-refractivity contribution in [2.75, 3.05) is 5.73 Å². The standard InChI is InChI=1S/C13H13NO3S/c14-12-3-1-2-4-13(12)18(16,17)9-10-5-7-11(15)8-6-10/h1-8,15H,9,14H2. The van der Waals surface area contributed by atoms with Crippen LogP contribution in [0.2, 0.25) is 0 Å². The third-order valence-corrected chi connectivity index (χ3v) is 4.30. The molecule has 4 nitrogen and oxygen atoms in total. The van der Waals surface area contributed by atoms with E-state index in [4.69, 9.17) is 10.8 Å². The number of nitrogen functional groups attached to an aromatic ring is 1. The Labute approximate surface area is 106 Å². The molecule has 2 aromatic rings. The van der Waals surface area contributed by atoms with Crippen LogP contribution in [0, 0.1) is 0 Å². The number of benzene rings is 2. The van der Waals surface area contributed by atoms with Crippen LogP contribution >= 0.6 is 0 Å². The van der Waals surface area contributed by atoms with Crippen molar-refractivity contribution in [1.82, 2.24) is 0 Å². The van der Waals surface area contributed by atoms with Crippen molar-refractivity contribution in [2.24, 2.45) is 0 Å². The van der Waals surface area contributed by atoms with Crippen LogP contribution in [0.3, 0.4) is 0 Å². The maximum Gasteiger partial charge on any atom is 0.184 e. The van der Waals surface area contributed by atoms with Crippen molar-refractivity contribution < 1.29 is 13.5 Å². The summed E-state index contributed by atoms with van der Waals surface area (Å²) in [5, 5.41) is 9.15. The molecule has 0 aliphatic heterocycles. The fourth-order valence-electron chi connectivity index (χ4n) is 1.65. The minimum absolute atomic E-state index is 0.107. The summed E-state index contributed by atoms with van der Waals surface area (Å²) in [6.45, 7) is 0. The maximum atomic E-state index is 12.2. The highest BCUT2D eigenvalue weighted by atomic mass is 32.2. The van der Waals surface area contributed by atoms with Gasteiger partial charge in [-0.25, -0.2) is 8.42 Å². The molecule has 0 atom stereocenters. The van der Waals surface area contributed by atoms with Crippen molar-refractivity contribution in [2.45, 2.75) is 10.6 Å². The zero-order valence-electron chi connectivity index (χ0n) is 9.58. The fraction of sp³-hybridized carbons (Fsp3) is 0.0769. The third-order valence-electron chi connectivity index (χ3n) is 2.55. The predicted octanol–water partition coefficient (Wildman–Crippen LogP) is 1.95. The summed E-state index contributed by atoms with van der Waals surface area (Å²) in [6, 6.07) is 12.4. The van der Waals surface area contributed by atoms with Gasteiger partial charge >= 0.3 is 0 Å². The third kappa shape index (κ3) is 2.62. The van der Waals surface area contributed by atoms with E-state index in [1.807, 2.05) is 0 Å². The zero-order chi connectivity index (χ0) is 13.2. The highest BCUT2D eigenvalue weighted by Gasteiger charge is 2.17. The molecule has 0 saturated heterocycles. The van der Waals surface area contributed by atoms with Crippen LogP contribution in [-0.2, 0) is 15.6 Å². The van der Waals surface area contributed by atoms with Gasteiger partial charge in [-0.1, -0.05) is 24.3 Å². The topological polar surface area (TPSA) is 80.4 Å². The van der Waals surface area contributed by atoms with Crippen LogP contribution in [0.4, 0.5) is 5.69 Å². The first-order valence-electron chi connectivity index (χ1n) is 5.34. The molecule has 0 aromatic heterocycles. The number of para-hydroxylation sites is 1. The van der Waals surface area contributed by atoms with Gasteiger partial charge in [-0.15, -0.1) is 0 Å². The number of anilines is 1. The Hall–Kier alpha value is -2.01. The van der Waals surface area contributed by atoms with Crippen LogP contribution in [-0.4, -0.2) is 13.5 Å².